The van der Waals surface area contributed by atoms with E-state index in [0.717, 1.165) is 16.7 Å². The zero-order chi connectivity index (χ0) is 16.7. The molecule has 0 aliphatic heterocycles. The molecule has 120 valence electrons. The second-order valence-electron chi connectivity index (χ2n) is 5.63. The molecule has 3 heteroatoms. The van der Waals surface area contributed by atoms with Crippen molar-refractivity contribution in [2.75, 3.05) is 6.61 Å². The lowest BCUT2D eigenvalue weighted by molar-refractivity contribution is -0.140. The lowest BCUT2D eigenvalue weighted by Crippen LogP contribution is -2.24. The van der Waals surface area contributed by atoms with Crippen molar-refractivity contribution in [3.05, 3.63) is 83.9 Å². The Balaban J connectivity index is 2.05. The fourth-order valence-corrected chi connectivity index (χ4v) is 2.53. The number of benzene rings is 2. The molecule has 0 saturated heterocycles. The van der Waals surface area contributed by atoms with Gasteiger partial charge in [-0.25, -0.2) is 0 Å². The van der Waals surface area contributed by atoms with E-state index in [9.17, 15) is 9.90 Å². The van der Waals surface area contributed by atoms with Crippen LogP contribution in [0.2, 0.25) is 0 Å². The van der Waals surface area contributed by atoms with Crippen LogP contribution in [0.1, 0.15) is 22.6 Å². The molecular weight excluding hydrogens is 288 g/mol. The summed E-state index contributed by atoms with van der Waals surface area (Å²) in [6.45, 7) is 6.56. The van der Waals surface area contributed by atoms with Gasteiger partial charge in [0, 0.05) is 5.92 Å². The summed E-state index contributed by atoms with van der Waals surface area (Å²) in [5, 5.41) is 9.61. The van der Waals surface area contributed by atoms with Gasteiger partial charge >= 0.3 is 5.97 Å². The summed E-state index contributed by atoms with van der Waals surface area (Å²) in [6.07, 6.45) is 1.67. The number of aryl methyl sites for hydroxylation is 1. The van der Waals surface area contributed by atoms with Gasteiger partial charge < -0.3 is 9.84 Å². The van der Waals surface area contributed by atoms with Crippen molar-refractivity contribution in [2.24, 2.45) is 5.92 Å². The van der Waals surface area contributed by atoms with Crippen LogP contribution in [0.25, 0.3) is 0 Å². The van der Waals surface area contributed by atoms with Crippen molar-refractivity contribution >= 4 is 5.97 Å². The molecule has 2 atom stereocenters. The number of hydrogen-bond acceptors (Lipinski definition) is 2. The first-order valence-corrected chi connectivity index (χ1v) is 7.65. The molecule has 0 unspecified atom stereocenters. The predicted molar refractivity (Wildman–Crippen MR) is 91.3 cm³/mol. The molecule has 0 spiro atoms. The smallest absolute Gasteiger partial charge is 0.311 e. The van der Waals surface area contributed by atoms with Crippen LogP contribution in [0.15, 0.2) is 67.3 Å². The Morgan fingerprint density at radius 2 is 1.83 bits per heavy atom. The lowest BCUT2D eigenvalue weighted by atomic mass is 9.86. The van der Waals surface area contributed by atoms with Crippen molar-refractivity contribution in [1.29, 1.82) is 0 Å². The fourth-order valence-electron chi connectivity index (χ4n) is 2.53. The van der Waals surface area contributed by atoms with Crippen molar-refractivity contribution in [1.82, 2.24) is 0 Å². The maximum Gasteiger partial charge on any atom is 0.311 e. The second-order valence-corrected chi connectivity index (χ2v) is 5.63. The van der Waals surface area contributed by atoms with Gasteiger partial charge in [-0.1, -0.05) is 66.2 Å². The number of hydrogen-bond donors (Lipinski definition) is 1. The van der Waals surface area contributed by atoms with Gasteiger partial charge in [-0.2, -0.15) is 0 Å². The molecule has 0 aromatic heterocycles. The SMILES string of the molecule is C=C[C@@H](COCc1ccccc1)[C@H](C(=O)O)c1ccc(C)cc1. The zero-order valence-electron chi connectivity index (χ0n) is 13.3. The quantitative estimate of drug-likeness (QED) is 0.744. The van der Waals surface area contributed by atoms with Crippen LogP contribution in [-0.2, 0) is 16.1 Å². The monoisotopic (exact) mass is 310 g/mol. The molecular formula is C20H22O3. The number of rotatable bonds is 8. The fraction of sp³-hybridized carbons (Fsp3) is 0.250. The largest absolute Gasteiger partial charge is 0.481 e. The van der Waals surface area contributed by atoms with Gasteiger partial charge in [0.15, 0.2) is 0 Å². The molecule has 2 aromatic rings. The van der Waals surface area contributed by atoms with Gasteiger partial charge in [0.2, 0.25) is 0 Å². The van der Waals surface area contributed by atoms with E-state index in [4.69, 9.17) is 4.74 Å². The maximum atomic E-state index is 11.7. The number of aliphatic carboxylic acids is 1. The van der Waals surface area contributed by atoms with Gasteiger partial charge in [-0.05, 0) is 18.1 Å². The Morgan fingerprint density at radius 3 is 2.39 bits per heavy atom. The third kappa shape index (κ3) is 4.80. The topological polar surface area (TPSA) is 46.5 Å². The minimum atomic E-state index is -0.859. The summed E-state index contributed by atoms with van der Waals surface area (Å²) >= 11 is 0. The van der Waals surface area contributed by atoms with Gasteiger partial charge in [0.05, 0.1) is 19.1 Å². The van der Waals surface area contributed by atoms with Gasteiger partial charge in [-0.3, -0.25) is 4.79 Å². The van der Waals surface area contributed by atoms with Gasteiger partial charge in [0.1, 0.15) is 0 Å². The number of carboxylic acid groups (broad SMARTS) is 1. The van der Waals surface area contributed by atoms with Crippen LogP contribution >= 0.6 is 0 Å². The number of carboxylic acids is 1. The standard InChI is InChI=1S/C20H22O3/c1-3-17(14-23-13-16-7-5-4-6-8-16)19(20(21)22)18-11-9-15(2)10-12-18/h3-12,17,19H,1,13-14H2,2H3,(H,21,22)/t17-,19-/m0/s1. The van der Waals surface area contributed by atoms with E-state index in [1.807, 2.05) is 61.5 Å². The Hall–Kier alpha value is -2.39. The van der Waals surface area contributed by atoms with Gasteiger partial charge in [-0.15, -0.1) is 6.58 Å². The van der Waals surface area contributed by atoms with Crippen LogP contribution < -0.4 is 0 Å². The summed E-state index contributed by atoms with van der Waals surface area (Å²) in [5.74, 6) is -1.79. The molecule has 0 radical (unpaired) electrons. The van der Waals surface area contributed by atoms with Crippen LogP contribution in [-0.4, -0.2) is 17.7 Å². The molecule has 0 heterocycles. The molecule has 2 aromatic carbocycles. The van der Waals surface area contributed by atoms with Crippen molar-refractivity contribution in [3.63, 3.8) is 0 Å². The second kappa shape index (κ2) is 8.30. The van der Waals surface area contributed by atoms with Crippen molar-refractivity contribution in [2.45, 2.75) is 19.4 Å². The Bertz CT molecular complexity index is 632. The molecule has 0 fully saturated rings. The Morgan fingerprint density at radius 1 is 1.17 bits per heavy atom. The third-order valence-electron chi connectivity index (χ3n) is 3.86. The normalized spacial score (nSPS) is 13.3. The van der Waals surface area contributed by atoms with Crippen LogP contribution in [0.4, 0.5) is 0 Å². The van der Waals surface area contributed by atoms with E-state index in [1.54, 1.807) is 6.08 Å². The minimum absolute atomic E-state index is 0.279. The number of ether oxygens (including phenoxy) is 1. The van der Waals surface area contributed by atoms with E-state index in [-0.39, 0.29) is 5.92 Å². The molecule has 0 saturated carbocycles. The zero-order valence-corrected chi connectivity index (χ0v) is 13.3. The molecule has 0 bridgehead atoms. The molecule has 3 nitrogen and oxygen atoms in total. The van der Waals surface area contributed by atoms with Crippen molar-refractivity contribution in [3.8, 4) is 0 Å². The predicted octanol–water partition coefficient (Wildman–Crippen LogP) is 4.18. The maximum absolute atomic E-state index is 11.7. The average Bonchev–Trinajstić information content (AvgIpc) is 2.56. The summed E-state index contributed by atoms with van der Waals surface area (Å²) in [6, 6.07) is 17.4. The Labute approximate surface area is 137 Å². The van der Waals surface area contributed by atoms with E-state index in [2.05, 4.69) is 6.58 Å². The number of carbonyl (C=O) groups is 1. The molecule has 0 aliphatic carbocycles. The van der Waals surface area contributed by atoms with E-state index < -0.39 is 11.9 Å². The van der Waals surface area contributed by atoms with E-state index in [1.165, 1.54) is 0 Å². The minimum Gasteiger partial charge on any atom is -0.481 e. The van der Waals surface area contributed by atoms with Crippen LogP contribution in [0.3, 0.4) is 0 Å². The highest BCUT2D eigenvalue weighted by Crippen LogP contribution is 2.27. The Kier molecular flexibility index (Phi) is 6.12. The van der Waals surface area contributed by atoms with Crippen LogP contribution in [0.5, 0.6) is 0 Å². The summed E-state index contributed by atoms with van der Waals surface area (Å²) in [4.78, 5) is 11.7. The van der Waals surface area contributed by atoms with Crippen molar-refractivity contribution < 1.29 is 14.6 Å². The lowest BCUT2D eigenvalue weighted by Gasteiger charge is -2.21. The highest BCUT2D eigenvalue weighted by atomic mass is 16.5. The highest BCUT2D eigenvalue weighted by Gasteiger charge is 2.27. The van der Waals surface area contributed by atoms with E-state index >= 15 is 0 Å². The first-order chi connectivity index (χ1) is 11.1. The first kappa shape index (κ1) is 17.0. The highest BCUT2D eigenvalue weighted by molar-refractivity contribution is 5.77. The molecule has 0 aliphatic rings. The summed E-state index contributed by atoms with van der Waals surface area (Å²) < 4.78 is 5.71. The third-order valence-corrected chi connectivity index (χ3v) is 3.86. The molecule has 0 amide bonds. The summed E-state index contributed by atoms with van der Waals surface area (Å²) in [7, 11) is 0. The van der Waals surface area contributed by atoms with Crippen LogP contribution in [0, 0.1) is 12.8 Å². The molecule has 1 N–H and O–H groups in total. The van der Waals surface area contributed by atoms with Gasteiger partial charge in [0.25, 0.3) is 0 Å². The summed E-state index contributed by atoms with van der Waals surface area (Å²) in [5.41, 5.74) is 2.95. The van der Waals surface area contributed by atoms with E-state index in [0.29, 0.717) is 13.2 Å². The first-order valence-electron chi connectivity index (χ1n) is 7.65. The molecule has 23 heavy (non-hydrogen) atoms. The molecule has 2 rings (SSSR count). The average molecular weight is 310 g/mol.